The predicted octanol–water partition coefficient (Wildman–Crippen LogP) is 4.22. The molecule has 3 aromatic rings. The minimum atomic E-state index is -0.671. The third-order valence-corrected chi connectivity index (χ3v) is 4.29. The van der Waals surface area contributed by atoms with Crippen molar-refractivity contribution in [3.8, 4) is 11.5 Å². The molecule has 0 aliphatic rings. The van der Waals surface area contributed by atoms with Crippen LogP contribution < -0.4 is 14.9 Å². The zero-order valence-electron chi connectivity index (χ0n) is 16.7. The highest BCUT2D eigenvalue weighted by Crippen LogP contribution is 2.29. The van der Waals surface area contributed by atoms with Crippen molar-refractivity contribution in [1.29, 1.82) is 0 Å². The summed E-state index contributed by atoms with van der Waals surface area (Å²) >= 11 is 0. The summed E-state index contributed by atoms with van der Waals surface area (Å²) in [5, 5.41) is 15.0. The molecule has 0 saturated carbocycles. The van der Waals surface area contributed by atoms with E-state index in [1.165, 1.54) is 25.5 Å². The van der Waals surface area contributed by atoms with Gasteiger partial charge in [0, 0.05) is 23.3 Å². The van der Waals surface area contributed by atoms with Gasteiger partial charge >= 0.3 is 5.69 Å². The monoisotopic (exact) mass is 441 g/mol. The Morgan fingerprint density at radius 1 is 1.06 bits per heavy atom. The summed E-state index contributed by atoms with van der Waals surface area (Å²) in [7, 11) is 1.44. The number of nitro groups is 1. The smallest absolute Gasteiger partial charge is 0.311 e. The predicted molar refractivity (Wildman–Crippen MR) is 112 cm³/mol. The van der Waals surface area contributed by atoms with Gasteiger partial charge in [0.1, 0.15) is 24.0 Å². The number of methoxy groups -OCH3 is 1. The molecule has 164 valence electrons. The molecular formula is C22H17F2N3O5. The van der Waals surface area contributed by atoms with Crippen LogP contribution in [0, 0.1) is 21.7 Å². The summed E-state index contributed by atoms with van der Waals surface area (Å²) in [6.45, 7) is -0.142. The van der Waals surface area contributed by atoms with Crippen LogP contribution in [0.2, 0.25) is 0 Å². The van der Waals surface area contributed by atoms with Gasteiger partial charge in [-0.05, 0) is 54.1 Å². The largest absolute Gasteiger partial charge is 0.496 e. The first-order chi connectivity index (χ1) is 15.4. The molecule has 3 aromatic carbocycles. The number of carbonyl (C=O) groups excluding carboxylic acids is 1. The SMILES string of the molecule is COc1ccc(/C=N/NC(=O)c2ccc(F)cc2)cc1COc1cc(F)ccc1[N+](=O)[O-]. The van der Waals surface area contributed by atoms with Crippen LogP contribution in [0.15, 0.2) is 65.8 Å². The first-order valence-electron chi connectivity index (χ1n) is 9.20. The average Bonchev–Trinajstić information content (AvgIpc) is 2.78. The Balaban J connectivity index is 1.72. The Labute approximate surface area is 181 Å². The Bertz CT molecular complexity index is 1170. The van der Waals surface area contributed by atoms with Gasteiger partial charge in [-0.15, -0.1) is 0 Å². The number of nitrogens with one attached hydrogen (secondary N) is 1. The van der Waals surface area contributed by atoms with Crippen LogP contribution >= 0.6 is 0 Å². The van der Waals surface area contributed by atoms with E-state index in [-0.39, 0.29) is 23.6 Å². The van der Waals surface area contributed by atoms with E-state index in [0.29, 0.717) is 16.9 Å². The lowest BCUT2D eigenvalue weighted by atomic mass is 10.1. The molecule has 0 atom stereocenters. The number of nitrogens with zero attached hydrogens (tertiary/aromatic N) is 2. The molecule has 0 spiro atoms. The highest BCUT2D eigenvalue weighted by atomic mass is 19.1. The maximum absolute atomic E-state index is 13.5. The summed E-state index contributed by atoms with van der Waals surface area (Å²) < 4.78 is 37.2. The Morgan fingerprint density at radius 3 is 2.47 bits per heavy atom. The van der Waals surface area contributed by atoms with Crippen LogP contribution in [-0.2, 0) is 6.61 Å². The Hall–Kier alpha value is -4.34. The molecule has 0 aliphatic heterocycles. The van der Waals surface area contributed by atoms with Gasteiger partial charge in [-0.25, -0.2) is 14.2 Å². The Kier molecular flexibility index (Phi) is 7.06. The number of rotatable bonds is 8. The maximum atomic E-state index is 13.5. The maximum Gasteiger partial charge on any atom is 0.311 e. The normalized spacial score (nSPS) is 10.7. The van der Waals surface area contributed by atoms with E-state index in [4.69, 9.17) is 9.47 Å². The van der Waals surface area contributed by atoms with Crippen LogP contribution in [0.3, 0.4) is 0 Å². The highest BCUT2D eigenvalue weighted by molar-refractivity contribution is 5.94. The average molecular weight is 441 g/mol. The van der Waals surface area contributed by atoms with Crippen molar-refractivity contribution in [2.24, 2.45) is 5.10 Å². The van der Waals surface area contributed by atoms with E-state index >= 15 is 0 Å². The van der Waals surface area contributed by atoms with Crippen molar-refractivity contribution < 1.29 is 28.0 Å². The zero-order chi connectivity index (χ0) is 23.1. The molecule has 0 aromatic heterocycles. The minimum absolute atomic E-state index is 0.142. The third-order valence-electron chi connectivity index (χ3n) is 4.29. The molecule has 0 unspecified atom stereocenters. The molecule has 0 aliphatic carbocycles. The lowest BCUT2D eigenvalue weighted by molar-refractivity contribution is -0.386. The number of ether oxygens (including phenoxy) is 2. The molecule has 0 heterocycles. The molecule has 0 saturated heterocycles. The summed E-state index contributed by atoms with van der Waals surface area (Å²) in [5.74, 6) is -1.42. The van der Waals surface area contributed by atoms with E-state index in [2.05, 4.69) is 10.5 Å². The van der Waals surface area contributed by atoms with Crippen LogP contribution in [0.5, 0.6) is 11.5 Å². The number of hydrogen-bond acceptors (Lipinski definition) is 6. The quantitative estimate of drug-likeness (QED) is 0.320. The third kappa shape index (κ3) is 5.63. The van der Waals surface area contributed by atoms with E-state index in [9.17, 15) is 23.7 Å². The van der Waals surface area contributed by atoms with Crippen molar-refractivity contribution in [2.75, 3.05) is 7.11 Å². The molecule has 0 bridgehead atoms. The fraction of sp³-hybridized carbons (Fsp3) is 0.0909. The van der Waals surface area contributed by atoms with Crippen molar-refractivity contribution in [3.05, 3.63) is 99.1 Å². The van der Waals surface area contributed by atoms with Crippen LogP contribution in [0.25, 0.3) is 0 Å². The van der Waals surface area contributed by atoms with E-state index in [1.807, 2.05) is 0 Å². The van der Waals surface area contributed by atoms with Crippen LogP contribution in [-0.4, -0.2) is 24.2 Å². The number of carbonyl (C=O) groups is 1. The van der Waals surface area contributed by atoms with Gasteiger partial charge in [0.15, 0.2) is 5.75 Å². The number of halogens is 2. The number of hydrazone groups is 1. The molecule has 8 nitrogen and oxygen atoms in total. The second-order valence-electron chi connectivity index (χ2n) is 6.44. The fourth-order valence-electron chi connectivity index (χ4n) is 2.73. The van der Waals surface area contributed by atoms with Crippen molar-refractivity contribution in [2.45, 2.75) is 6.61 Å². The second kappa shape index (κ2) is 10.1. The van der Waals surface area contributed by atoms with Crippen molar-refractivity contribution in [1.82, 2.24) is 5.43 Å². The van der Waals surface area contributed by atoms with Crippen LogP contribution in [0.4, 0.5) is 14.5 Å². The Morgan fingerprint density at radius 2 is 1.78 bits per heavy atom. The minimum Gasteiger partial charge on any atom is -0.496 e. The molecule has 3 rings (SSSR count). The summed E-state index contributed by atoms with van der Waals surface area (Å²) in [5.41, 5.74) is 3.28. The molecule has 10 heteroatoms. The van der Waals surface area contributed by atoms with Gasteiger partial charge in [-0.3, -0.25) is 14.9 Å². The van der Waals surface area contributed by atoms with Gasteiger partial charge < -0.3 is 9.47 Å². The molecule has 1 amide bonds. The summed E-state index contributed by atoms with van der Waals surface area (Å²) in [6.07, 6.45) is 1.37. The lowest BCUT2D eigenvalue weighted by Crippen LogP contribution is -2.17. The number of benzene rings is 3. The standard InChI is InChI=1S/C22H17F2N3O5/c1-31-20-9-2-14(12-25-26-22(28)15-3-5-17(23)6-4-15)10-16(20)13-32-21-11-18(24)7-8-19(21)27(29)30/h2-12H,13H2,1H3,(H,26,28)/b25-12+. The molecule has 0 radical (unpaired) electrons. The first-order valence-corrected chi connectivity index (χ1v) is 9.20. The van der Waals surface area contributed by atoms with Crippen molar-refractivity contribution in [3.63, 3.8) is 0 Å². The second-order valence-corrected chi connectivity index (χ2v) is 6.44. The van der Waals surface area contributed by atoms with E-state index < -0.39 is 22.5 Å². The zero-order valence-corrected chi connectivity index (χ0v) is 16.7. The summed E-state index contributed by atoms with van der Waals surface area (Å²) in [6, 6.07) is 12.8. The van der Waals surface area contributed by atoms with Gasteiger partial charge in [-0.1, -0.05) is 0 Å². The van der Waals surface area contributed by atoms with Gasteiger partial charge in [0.25, 0.3) is 5.91 Å². The molecule has 32 heavy (non-hydrogen) atoms. The first kappa shape index (κ1) is 22.3. The number of hydrogen-bond donors (Lipinski definition) is 1. The molecule has 1 N–H and O–H groups in total. The van der Waals surface area contributed by atoms with E-state index in [0.717, 1.165) is 30.3 Å². The number of amides is 1. The van der Waals surface area contributed by atoms with E-state index in [1.54, 1.807) is 18.2 Å². The highest BCUT2D eigenvalue weighted by Gasteiger charge is 2.17. The van der Waals surface area contributed by atoms with Crippen LogP contribution in [0.1, 0.15) is 21.5 Å². The fourth-order valence-corrected chi connectivity index (χ4v) is 2.73. The van der Waals surface area contributed by atoms with Gasteiger partial charge in [0.2, 0.25) is 0 Å². The van der Waals surface area contributed by atoms with Gasteiger partial charge in [-0.2, -0.15) is 5.10 Å². The summed E-state index contributed by atoms with van der Waals surface area (Å²) in [4.78, 5) is 22.5. The number of nitro benzene ring substituents is 1. The van der Waals surface area contributed by atoms with Crippen molar-refractivity contribution >= 4 is 17.8 Å². The lowest BCUT2D eigenvalue weighted by Gasteiger charge is -2.11. The van der Waals surface area contributed by atoms with Gasteiger partial charge in [0.05, 0.1) is 18.2 Å². The topological polar surface area (TPSA) is 103 Å². The molecular weight excluding hydrogens is 424 g/mol. The molecule has 0 fully saturated rings.